The van der Waals surface area contributed by atoms with E-state index >= 15 is 0 Å². The number of hydrogen-bond donors (Lipinski definition) is 1. The van der Waals surface area contributed by atoms with Crippen molar-refractivity contribution in [1.29, 1.82) is 0 Å². The van der Waals surface area contributed by atoms with Gasteiger partial charge < -0.3 is 10.5 Å². The summed E-state index contributed by atoms with van der Waals surface area (Å²) in [4.78, 5) is 10.5. The predicted octanol–water partition coefficient (Wildman–Crippen LogP) is 1.54. The van der Waals surface area contributed by atoms with Gasteiger partial charge in [0, 0.05) is 0 Å². The van der Waals surface area contributed by atoms with Gasteiger partial charge in [-0.15, -0.1) is 0 Å². The highest BCUT2D eigenvalue weighted by Crippen LogP contribution is 2.16. The van der Waals surface area contributed by atoms with Gasteiger partial charge in [-0.1, -0.05) is 37.1 Å². The van der Waals surface area contributed by atoms with Crippen LogP contribution in [0.15, 0.2) is 23.8 Å². The monoisotopic (exact) mass is 195 g/mol. The van der Waals surface area contributed by atoms with Gasteiger partial charge in [0.05, 0.1) is 6.10 Å². The smallest absolute Gasteiger partial charge is 0.243 e. The van der Waals surface area contributed by atoms with Crippen LogP contribution >= 0.6 is 0 Å². The summed E-state index contributed by atoms with van der Waals surface area (Å²) in [6.45, 7) is 2.16. The van der Waals surface area contributed by atoms with Crippen molar-refractivity contribution in [1.82, 2.24) is 0 Å². The van der Waals surface area contributed by atoms with Crippen molar-refractivity contribution >= 4 is 5.91 Å². The first-order valence-corrected chi connectivity index (χ1v) is 4.99. The Morgan fingerprint density at radius 1 is 1.71 bits per heavy atom. The molecule has 0 aromatic heterocycles. The van der Waals surface area contributed by atoms with Gasteiger partial charge in [-0.05, 0) is 12.8 Å². The standard InChI is InChI=1S/C11H17NO2/c1-2-3-9-4-6-10(7-5-9)14-8-11(12)13/h4-6,10H,2-3,7-8H2,1H3,(H2,12,13). The lowest BCUT2D eigenvalue weighted by Crippen LogP contribution is -2.23. The van der Waals surface area contributed by atoms with E-state index in [1.807, 2.05) is 6.08 Å². The summed E-state index contributed by atoms with van der Waals surface area (Å²) in [7, 11) is 0. The van der Waals surface area contributed by atoms with Crippen molar-refractivity contribution in [2.24, 2.45) is 5.73 Å². The molecule has 1 rings (SSSR count). The van der Waals surface area contributed by atoms with Gasteiger partial charge in [0.15, 0.2) is 0 Å². The third-order valence-corrected chi connectivity index (χ3v) is 2.12. The lowest BCUT2D eigenvalue weighted by atomic mass is 10.0. The molecule has 1 amide bonds. The van der Waals surface area contributed by atoms with E-state index in [0.717, 1.165) is 19.3 Å². The van der Waals surface area contributed by atoms with Crippen LogP contribution in [0.1, 0.15) is 26.2 Å². The van der Waals surface area contributed by atoms with Crippen molar-refractivity contribution in [3.8, 4) is 0 Å². The molecule has 1 unspecified atom stereocenters. The Balaban J connectivity index is 2.29. The van der Waals surface area contributed by atoms with Crippen molar-refractivity contribution in [3.63, 3.8) is 0 Å². The summed E-state index contributed by atoms with van der Waals surface area (Å²) >= 11 is 0. The molecule has 3 nitrogen and oxygen atoms in total. The molecule has 78 valence electrons. The molecule has 0 saturated carbocycles. The highest BCUT2D eigenvalue weighted by Gasteiger charge is 2.09. The Bertz CT molecular complexity index is 256. The second-order valence-corrected chi connectivity index (χ2v) is 3.44. The summed E-state index contributed by atoms with van der Waals surface area (Å²) in [5.41, 5.74) is 6.33. The number of ether oxygens (including phenoxy) is 1. The minimum Gasteiger partial charge on any atom is -0.368 e. The maximum absolute atomic E-state index is 10.5. The summed E-state index contributed by atoms with van der Waals surface area (Å²) in [6.07, 6.45) is 9.35. The molecule has 2 N–H and O–H groups in total. The van der Waals surface area contributed by atoms with E-state index < -0.39 is 5.91 Å². The normalized spacial score (nSPS) is 20.6. The first-order chi connectivity index (χ1) is 6.72. The molecule has 1 aliphatic carbocycles. The molecule has 1 aliphatic rings. The van der Waals surface area contributed by atoms with Crippen LogP contribution in [0, 0.1) is 0 Å². The molecule has 0 fully saturated rings. The molecular weight excluding hydrogens is 178 g/mol. The molecule has 0 spiro atoms. The Labute approximate surface area is 84.6 Å². The molecule has 0 saturated heterocycles. The Morgan fingerprint density at radius 3 is 3.00 bits per heavy atom. The topological polar surface area (TPSA) is 52.3 Å². The Kier molecular flexibility index (Phi) is 4.40. The van der Waals surface area contributed by atoms with Crippen LogP contribution in [-0.2, 0) is 9.53 Å². The number of primary amides is 1. The van der Waals surface area contributed by atoms with E-state index in [0.29, 0.717) is 0 Å². The van der Waals surface area contributed by atoms with Crippen molar-refractivity contribution in [2.75, 3.05) is 6.61 Å². The van der Waals surface area contributed by atoms with Crippen molar-refractivity contribution < 1.29 is 9.53 Å². The van der Waals surface area contributed by atoms with E-state index in [4.69, 9.17) is 10.5 Å². The number of allylic oxidation sites excluding steroid dienone is 2. The molecule has 3 heteroatoms. The molecule has 0 aliphatic heterocycles. The number of carbonyl (C=O) groups excluding carboxylic acids is 1. The first-order valence-electron chi connectivity index (χ1n) is 4.99. The molecule has 0 aromatic rings. The van der Waals surface area contributed by atoms with Crippen LogP contribution < -0.4 is 5.73 Å². The molecule has 0 bridgehead atoms. The average Bonchev–Trinajstić information content (AvgIpc) is 2.17. The Hall–Kier alpha value is -1.09. The third-order valence-electron chi connectivity index (χ3n) is 2.12. The van der Waals surface area contributed by atoms with Gasteiger partial charge in [-0.3, -0.25) is 4.79 Å². The Morgan fingerprint density at radius 2 is 2.50 bits per heavy atom. The second kappa shape index (κ2) is 5.60. The van der Waals surface area contributed by atoms with Gasteiger partial charge in [-0.2, -0.15) is 0 Å². The zero-order valence-electron chi connectivity index (χ0n) is 8.53. The summed E-state index contributed by atoms with van der Waals surface area (Å²) < 4.78 is 5.26. The average molecular weight is 195 g/mol. The quantitative estimate of drug-likeness (QED) is 0.723. The molecule has 0 radical (unpaired) electrons. The third kappa shape index (κ3) is 3.75. The molecule has 14 heavy (non-hydrogen) atoms. The number of hydrogen-bond acceptors (Lipinski definition) is 2. The predicted molar refractivity (Wildman–Crippen MR) is 55.7 cm³/mol. The molecule has 1 atom stereocenters. The van der Waals surface area contributed by atoms with Crippen molar-refractivity contribution in [3.05, 3.63) is 23.8 Å². The van der Waals surface area contributed by atoms with Gasteiger partial charge in [0.1, 0.15) is 6.61 Å². The lowest BCUT2D eigenvalue weighted by Gasteiger charge is -2.15. The van der Waals surface area contributed by atoms with Crippen LogP contribution in [0.2, 0.25) is 0 Å². The maximum Gasteiger partial charge on any atom is 0.243 e. The van der Waals surface area contributed by atoms with E-state index in [1.165, 1.54) is 5.57 Å². The number of rotatable bonds is 5. The first kappa shape index (κ1) is 11.0. The lowest BCUT2D eigenvalue weighted by molar-refractivity contribution is -0.123. The van der Waals surface area contributed by atoms with E-state index in [9.17, 15) is 4.79 Å². The number of amides is 1. The summed E-state index contributed by atoms with van der Waals surface area (Å²) in [5.74, 6) is -0.415. The SMILES string of the molecule is CCCC1=CCC(OCC(N)=O)C=C1. The van der Waals surface area contributed by atoms with Crippen LogP contribution in [0.25, 0.3) is 0 Å². The fourth-order valence-corrected chi connectivity index (χ4v) is 1.43. The van der Waals surface area contributed by atoms with Gasteiger partial charge >= 0.3 is 0 Å². The van der Waals surface area contributed by atoms with E-state index in [-0.39, 0.29) is 12.7 Å². The summed E-state index contributed by atoms with van der Waals surface area (Å²) in [5, 5.41) is 0. The molecular formula is C11H17NO2. The van der Waals surface area contributed by atoms with Crippen LogP contribution in [0.3, 0.4) is 0 Å². The minimum atomic E-state index is -0.415. The highest BCUT2D eigenvalue weighted by molar-refractivity contribution is 5.75. The van der Waals surface area contributed by atoms with Crippen molar-refractivity contribution in [2.45, 2.75) is 32.3 Å². The zero-order valence-corrected chi connectivity index (χ0v) is 8.53. The minimum absolute atomic E-state index is 0.00591. The van der Waals surface area contributed by atoms with E-state index in [1.54, 1.807) is 0 Å². The van der Waals surface area contributed by atoms with E-state index in [2.05, 4.69) is 19.1 Å². The fourth-order valence-electron chi connectivity index (χ4n) is 1.43. The van der Waals surface area contributed by atoms with Gasteiger partial charge in [-0.25, -0.2) is 0 Å². The fraction of sp³-hybridized carbons (Fsp3) is 0.545. The maximum atomic E-state index is 10.5. The van der Waals surface area contributed by atoms with Crippen LogP contribution in [-0.4, -0.2) is 18.6 Å². The highest BCUT2D eigenvalue weighted by atomic mass is 16.5. The molecule has 0 heterocycles. The van der Waals surface area contributed by atoms with Crippen LogP contribution in [0.5, 0.6) is 0 Å². The molecule has 0 aromatic carbocycles. The van der Waals surface area contributed by atoms with Gasteiger partial charge in [0.2, 0.25) is 5.91 Å². The van der Waals surface area contributed by atoms with Crippen LogP contribution in [0.4, 0.5) is 0 Å². The number of carbonyl (C=O) groups is 1. The summed E-state index contributed by atoms with van der Waals surface area (Å²) in [6, 6.07) is 0. The number of nitrogens with two attached hydrogens (primary N) is 1. The largest absolute Gasteiger partial charge is 0.368 e. The second-order valence-electron chi connectivity index (χ2n) is 3.44. The van der Waals surface area contributed by atoms with Gasteiger partial charge in [0.25, 0.3) is 0 Å². The zero-order chi connectivity index (χ0) is 10.4.